The summed E-state index contributed by atoms with van der Waals surface area (Å²) in [4.78, 5) is 23.1. The van der Waals surface area contributed by atoms with Crippen molar-refractivity contribution in [3.05, 3.63) is 29.5 Å². The van der Waals surface area contributed by atoms with Gasteiger partial charge in [-0.05, 0) is 17.5 Å². The van der Waals surface area contributed by atoms with Gasteiger partial charge in [-0.25, -0.2) is 0 Å². The standard InChI is InChI=1S/C13H14NO4/c1-7-9-4-3-8(14)5-11(9)18-13(16)10(7)6-12(15)17-2/h3-5,7,10,14H,6H2,1-2H3/q-1. The molecule has 1 N–H and O–H groups in total. The molecular weight excluding hydrogens is 234 g/mol. The molecule has 1 aromatic carbocycles. The Morgan fingerprint density at radius 2 is 2.22 bits per heavy atom. The van der Waals surface area contributed by atoms with Crippen LogP contribution in [0, 0.1) is 5.92 Å². The van der Waals surface area contributed by atoms with E-state index in [4.69, 9.17) is 10.5 Å². The highest BCUT2D eigenvalue weighted by Gasteiger charge is 2.36. The summed E-state index contributed by atoms with van der Waals surface area (Å²) in [5.74, 6) is -1.10. The van der Waals surface area contributed by atoms with E-state index >= 15 is 0 Å². The van der Waals surface area contributed by atoms with Gasteiger partial charge in [-0.3, -0.25) is 9.59 Å². The van der Waals surface area contributed by atoms with Crippen molar-refractivity contribution < 1.29 is 19.1 Å². The SMILES string of the molecule is COC(=O)CC1C(=O)Oc2cc([NH-])ccc2C1C. The quantitative estimate of drug-likeness (QED) is 0.595. The van der Waals surface area contributed by atoms with Crippen LogP contribution in [0.4, 0.5) is 5.69 Å². The van der Waals surface area contributed by atoms with E-state index in [1.807, 2.05) is 6.92 Å². The Kier molecular flexibility index (Phi) is 3.23. The molecule has 0 radical (unpaired) electrons. The molecule has 0 bridgehead atoms. The van der Waals surface area contributed by atoms with Crippen molar-refractivity contribution >= 4 is 17.6 Å². The van der Waals surface area contributed by atoms with E-state index in [9.17, 15) is 9.59 Å². The maximum absolute atomic E-state index is 11.8. The fourth-order valence-corrected chi connectivity index (χ4v) is 2.13. The number of nitrogens with one attached hydrogen (secondary N) is 1. The molecule has 1 aliphatic heterocycles. The molecule has 0 saturated carbocycles. The van der Waals surface area contributed by atoms with Gasteiger partial charge in [0.2, 0.25) is 0 Å². The average Bonchev–Trinajstić information content (AvgIpc) is 2.33. The molecular formula is C13H14NO4-. The largest absolute Gasteiger partial charge is 0.699 e. The molecule has 0 fully saturated rings. The lowest BCUT2D eigenvalue weighted by molar-refractivity contribution is -0.150. The highest BCUT2D eigenvalue weighted by atomic mass is 16.5. The fourth-order valence-electron chi connectivity index (χ4n) is 2.13. The first-order valence-electron chi connectivity index (χ1n) is 5.67. The fraction of sp³-hybridized carbons (Fsp3) is 0.385. The molecule has 1 aliphatic rings. The van der Waals surface area contributed by atoms with Crippen LogP contribution in [0.1, 0.15) is 24.8 Å². The Morgan fingerprint density at radius 3 is 2.89 bits per heavy atom. The van der Waals surface area contributed by atoms with Gasteiger partial charge in [0.25, 0.3) is 0 Å². The van der Waals surface area contributed by atoms with E-state index in [2.05, 4.69) is 4.74 Å². The van der Waals surface area contributed by atoms with Gasteiger partial charge in [0.1, 0.15) is 5.75 Å². The highest BCUT2D eigenvalue weighted by Crippen LogP contribution is 2.40. The maximum Gasteiger partial charge on any atom is 0.315 e. The van der Waals surface area contributed by atoms with Crippen molar-refractivity contribution in [2.75, 3.05) is 7.11 Å². The number of methoxy groups -OCH3 is 1. The number of esters is 2. The second-order valence-corrected chi connectivity index (χ2v) is 4.35. The summed E-state index contributed by atoms with van der Waals surface area (Å²) in [5.41, 5.74) is 8.63. The van der Waals surface area contributed by atoms with Crippen LogP contribution in [-0.2, 0) is 14.3 Å². The molecule has 1 heterocycles. The van der Waals surface area contributed by atoms with E-state index in [1.54, 1.807) is 12.1 Å². The van der Waals surface area contributed by atoms with Crippen LogP contribution in [0.15, 0.2) is 18.2 Å². The molecule has 0 saturated heterocycles. The molecule has 2 unspecified atom stereocenters. The summed E-state index contributed by atoms with van der Waals surface area (Å²) in [6.07, 6.45) is 0.0125. The second kappa shape index (κ2) is 4.68. The van der Waals surface area contributed by atoms with Gasteiger partial charge in [-0.15, -0.1) is 5.69 Å². The molecule has 5 nitrogen and oxygen atoms in total. The third kappa shape index (κ3) is 2.16. The van der Waals surface area contributed by atoms with Crippen LogP contribution >= 0.6 is 0 Å². The minimum atomic E-state index is -0.526. The van der Waals surface area contributed by atoms with Gasteiger partial charge < -0.3 is 15.2 Å². The zero-order valence-electron chi connectivity index (χ0n) is 10.2. The molecule has 2 atom stereocenters. The third-order valence-corrected chi connectivity index (χ3v) is 3.24. The molecule has 5 heteroatoms. The molecule has 0 amide bonds. The first-order valence-corrected chi connectivity index (χ1v) is 5.67. The first kappa shape index (κ1) is 12.4. The summed E-state index contributed by atoms with van der Waals surface area (Å²) in [6.45, 7) is 1.87. The van der Waals surface area contributed by atoms with Crippen molar-refractivity contribution in [3.63, 3.8) is 0 Å². The van der Waals surface area contributed by atoms with Crippen LogP contribution in [0.2, 0.25) is 0 Å². The van der Waals surface area contributed by atoms with Crippen LogP contribution in [0.25, 0.3) is 5.73 Å². The highest BCUT2D eigenvalue weighted by molar-refractivity contribution is 5.84. The van der Waals surface area contributed by atoms with E-state index in [-0.39, 0.29) is 12.3 Å². The number of carbonyl (C=O) groups excluding carboxylic acids is 2. The topological polar surface area (TPSA) is 76.4 Å². The van der Waals surface area contributed by atoms with E-state index < -0.39 is 17.9 Å². The molecule has 0 spiro atoms. The van der Waals surface area contributed by atoms with Crippen LogP contribution < -0.4 is 4.74 Å². The zero-order chi connectivity index (χ0) is 13.3. The van der Waals surface area contributed by atoms with E-state index in [0.29, 0.717) is 11.4 Å². The van der Waals surface area contributed by atoms with Gasteiger partial charge in [0.05, 0.1) is 19.4 Å². The molecule has 96 valence electrons. The van der Waals surface area contributed by atoms with Gasteiger partial charge in [0, 0.05) is 0 Å². The molecule has 0 aliphatic carbocycles. The summed E-state index contributed by atoms with van der Waals surface area (Å²) in [5, 5.41) is 0. The minimum absolute atomic E-state index is 0.0125. The van der Waals surface area contributed by atoms with Crippen LogP contribution in [0.5, 0.6) is 5.75 Å². The van der Waals surface area contributed by atoms with Crippen molar-refractivity contribution in [1.29, 1.82) is 0 Å². The number of fused-ring (bicyclic) bond motifs is 1. The molecule has 1 aromatic rings. The first-order chi connectivity index (χ1) is 8.52. The van der Waals surface area contributed by atoms with Gasteiger partial charge in [-0.1, -0.05) is 19.1 Å². The number of hydrogen-bond acceptors (Lipinski definition) is 4. The maximum atomic E-state index is 11.8. The van der Waals surface area contributed by atoms with Crippen molar-refractivity contribution in [2.24, 2.45) is 5.92 Å². The summed E-state index contributed by atoms with van der Waals surface area (Å²) in [6, 6.07) is 4.92. The normalized spacial score (nSPS) is 22.0. The van der Waals surface area contributed by atoms with Crippen molar-refractivity contribution in [1.82, 2.24) is 0 Å². The van der Waals surface area contributed by atoms with E-state index in [1.165, 1.54) is 13.2 Å². The number of ether oxygens (including phenoxy) is 2. The Bertz CT molecular complexity index is 498. The zero-order valence-corrected chi connectivity index (χ0v) is 10.2. The number of hydrogen-bond donors (Lipinski definition) is 0. The summed E-state index contributed by atoms with van der Waals surface area (Å²) < 4.78 is 9.75. The second-order valence-electron chi connectivity index (χ2n) is 4.35. The van der Waals surface area contributed by atoms with Crippen molar-refractivity contribution in [2.45, 2.75) is 19.3 Å². The average molecular weight is 248 g/mol. The lowest BCUT2D eigenvalue weighted by atomic mass is 9.83. The summed E-state index contributed by atoms with van der Waals surface area (Å²) >= 11 is 0. The minimum Gasteiger partial charge on any atom is -0.699 e. The summed E-state index contributed by atoms with van der Waals surface area (Å²) in [7, 11) is 1.29. The predicted octanol–water partition coefficient (Wildman–Crippen LogP) is 2.57. The predicted molar refractivity (Wildman–Crippen MR) is 64.6 cm³/mol. The Morgan fingerprint density at radius 1 is 1.50 bits per heavy atom. The lowest BCUT2D eigenvalue weighted by Gasteiger charge is -2.29. The third-order valence-electron chi connectivity index (χ3n) is 3.24. The van der Waals surface area contributed by atoms with Gasteiger partial charge in [-0.2, -0.15) is 0 Å². The van der Waals surface area contributed by atoms with Crippen molar-refractivity contribution in [3.8, 4) is 5.75 Å². The smallest absolute Gasteiger partial charge is 0.315 e. The Hall–Kier alpha value is -2.04. The Labute approximate surface area is 105 Å². The van der Waals surface area contributed by atoms with E-state index in [0.717, 1.165) is 5.56 Å². The Balaban J connectivity index is 2.30. The van der Waals surface area contributed by atoms with Crippen LogP contribution in [0.3, 0.4) is 0 Å². The molecule has 2 rings (SSSR count). The lowest BCUT2D eigenvalue weighted by Crippen LogP contribution is -2.32. The number of rotatable bonds is 2. The van der Waals surface area contributed by atoms with Gasteiger partial charge >= 0.3 is 11.9 Å². The van der Waals surface area contributed by atoms with Crippen LogP contribution in [-0.4, -0.2) is 19.0 Å². The molecule has 0 aromatic heterocycles. The van der Waals surface area contributed by atoms with Gasteiger partial charge in [0.15, 0.2) is 0 Å². The number of benzene rings is 1. The molecule has 18 heavy (non-hydrogen) atoms. The number of carbonyl (C=O) groups is 2. The monoisotopic (exact) mass is 248 g/mol.